The van der Waals surface area contributed by atoms with Gasteiger partial charge in [0.25, 0.3) is 9.84 Å². The molecule has 0 radical (unpaired) electrons. The van der Waals surface area contributed by atoms with Gasteiger partial charge in [0.1, 0.15) is 0 Å². The Hall–Kier alpha value is -0.950. The van der Waals surface area contributed by atoms with Crippen LogP contribution < -0.4 is 0 Å². The van der Waals surface area contributed by atoms with E-state index >= 15 is 0 Å². The molecule has 82 valence electrons. The molecule has 0 saturated carbocycles. The number of hydrogen-bond donors (Lipinski definition) is 0. The van der Waals surface area contributed by atoms with Crippen molar-refractivity contribution in [3.8, 4) is 0 Å². The van der Waals surface area contributed by atoms with Crippen molar-refractivity contribution >= 4 is 31.1 Å². The Morgan fingerprint density at radius 3 is 2.73 bits per heavy atom. The molecule has 1 aromatic rings. The van der Waals surface area contributed by atoms with Crippen molar-refractivity contribution in [1.29, 1.82) is 0 Å². The number of sulfone groups is 1. The SMILES string of the molecule is CCOC(=O)S(=O)(=O)c1cncc(Br)c1. The van der Waals surface area contributed by atoms with E-state index < -0.39 is 15.1 Å². The third kappa shape index (κ3) is 2.75. The highest BCUT2D eigenvalue weighted by Gasteiger charge is 2.26. The largest absolute Gasteiger partial charge is 0.454 e. The molecule has 15 heavy (non-hydrogen) atoms. The molecule has 0 bridgehead atoms. The van der Waals surface area contributed by atoms with Crippen molar-refractivity contribution in [1.82, 2.24) is 4.98 Å². The first-order chi connectivity index (χ1) is 6.98. The molecule has 7 heteroatoms. The number of aromatic nitrogens is 1. The number of rotatable bonds is 2. The van der Waals surface area contributed by atoms with Crippen molar-refractivity contribution in [3.05, 3.63) is 22.9 Å². The molecule has 0 atom stereocenters. The maximum atomic E-state index is 11.5. The summed E-state index contributed by atoms with van der Waals surface area (Å²) in [5.74, 6) is 0. The summed E-state index contributed by atoms with van der Waals surface area (Å²) in [5, 5.41) is -1.26. The van der Waals surface area contributed by atoms with Crippen LogP contribution in [0.1, 0.15) is 6.92 Å². The quantitative estimate of drug-likeness (QED) is 0.777. The number of pyridine rings is 1. The summed E-state index contributed by atoms with van der Waals surface area (Å²) in [6.45, 7) is 1.55. The van der Waals surface area contributed by atoms with Crippen LogP contribution in [-0.4, -0.2) is 25.3 Å². The van der Waals surface area contributed by atoms with Crippen LogP contribution in [0.5, 0.6) is 0 Å². The number of halogens is 1. The Bertz CT molecular complexity index is 471. The van der Waals surface area contributed by atoms with Crippen LogP contribution in [0, 0.1) is 0 Å². The molecule has 0 aliphatic rings. The van der Waals surface area contributed by atoms with Crippen LogP contribution in [0.4, 0.5) is 4.79 Å². The summed E-state index contributed by atoms with van der Waals surface area (Å²) >= 11 is 3.06. The lowest BCUT2D eigenvalue weighted by molar-refractivity contribution is 0.178. The minimum absolute atomic E-state index is 0.0134. The number of carbonyl (C=O) groups excluding carboxylic acids is 1. The van der Waals surface area contributed by atoms with Gasteiger partial charge in [-0.3, -0.25) is 4.98 Å². The molecule has 0 amide bonds. The van der Waals surface area contributed by atoms with E-state index in [0.717, 1.165) is 6.20 Å². The molecule has 0 N–H and O–H groups in total. The lowest BCUT2D eigenvalue weighted by Gasteiger charge is -2.02. The molecule has 0 aliphatic carbocycles. The predicted molar refractivity (Wildman–Crippen MR) is 56.1 cm³/mol. The van der Waals surface area contributed by atoms with Crippen LogP contribution >= 0.6 is 15.9 Å². The number of ether oxygens (including phenoxy) is 1. The van der Waals surface area contributed by atoms with Crippen molar-refractivity contribution < 1.29 is 17.9 Å². The smallest absolute Gasteiger partial charge is 0.429 e. The molecule has 0 saturated heterocycles. The second-order valence-corrected chi connectivity index (χ2v) is 5.25. The van der Waals surface area contributed by atoms with Gasteiger partial charge in [0.15, 0.2) is 0 Å². The zero-order valence-electron chi connectivity index (χ0n) is 7.81. The van der Waals surface area contributed by atoms with Gasteiger partial charge in [0.2, 0.25) is 0 Å². The summed E-state index contributed by atoms with van der Waals surface area (Å²) < 4.78 is 28.0. The highest BCUT2D eigenvalue weighted by atomic mass is 79.9. The monoisotopic (exact) mass is 293 g/mol. The molecular weight excluding hydrogens is 286 g/mol. The number of carbonyl (C=O) groups is 1. The third-order valence-electron chi connectivity index (χ3n) is 1.47. The van der Waals surface area contributed by atoms with Gasteiger partial charge in [-0.1, -0.05) is 0 Å². The number of hydrogen-bond acceptors (Lipinski definition) is 5. The van der Waals surface area contributed by atoms with Crippen LogP contribution in [0.2, 0.25) is 0 Å². The minimum atomic E-state index is -4.08. The average molecular weight is 294 g/mol. The fourth-order valence-corrected chi connectivity index (χ4v) is 2.29. The van der Waals surface area contributed by atoms with Gasteiger partial charge in [-0.2, -0.15) is 0 Å². The Morgan fingerprint density at radius 1 is 1.53 bits per heavy atom. The van der Waals surface area contributed by atoms with E-state index in [1.807, 2.05) is 0 Å². The van der Waals surface area contributed by atoms with Crippen molar-refractivity contribution in [2.45, 2.75) is 11.8 Å². The fourth-order valence-electron chi connectivity index (χ4n) is 0.831. The Kier molecular flexibility index (Phi) is 3.81. The van der Waals surface area contributed by atoms with Gasteiger partial charge < -0.3 is 4.74 Å². The van der Waals surface area contributed by atoms with Gasteiger partial charge in [-0.25, -0.2) is 13.2 Å². The predicted octanol–water partition coefficient (Wildman–Crippen LogP) is 1.77. The highest BCUT2D eigenvalue weighted by molar-refractivity contribution is 9.10. The van der Waals surface area contributed by atoms with E-state index in [4.69, 9.17) is 0 Å². The number of nitrogens with zero attached hydrogens (tertiary/aromatic N) is 1. The van der Waals surface area contributed by atoms with Gasteiger partial charge in [0, 0.05) is 16.9 Å². The molecular formula is C8H8BrNO4S. The first-order valence-corrected chi connectivity index (χ1v) is 6.28. The summed E-state index contributed by atoms with van der Waals surface area (Å²) in [6, 6.07) is 1.29. The zero-order valence-corrected chi connectivity index (χ0v) is 10.2. The van der Waals surface area contributed by atoms with E-state index in [-0.39, 0.29) is 11.5 Å². The van der Waals surface area contributed by atoms with E-state index in [2.05, 4.69) is 25.7 Å². The average Bonchev–Trinajstić information content (AvgIpc) is 2.18. The van der Waals surface area contributed by atoms with Gasteiger partial charge in [-0.05, 0) is 28.9 Å². The van der Waals surface area contributed by atoms with Crippen LogP contribution in [-0.2, 0) is 14.6 Å². The normalized spacial score (nSPS) is 11.1. The first kappa shape index (κ1) is 12.1. The third-order valence-corrected chi connectivity index (χ3v) is 3.31. The maximum Gasteiger partial charge on any atom is 0.429 e. The first-order valence-electron chi connectivity index (χ1n) is 4.01. The molecule has 1 aromatic heterocycles. The summed E-state index contributed by atoms with van der Waals surface area (Å²) in [5.41, 5.74) is 0. The standard InChI is InChI=1S/C8H8BrNO4S/c1-2-14-8(11)15(12,13)7-3-6(9)4-10-5-7/h3-5H,2H2,1H3. The molecule has 0 fully saturated rings. The topological polar surface area (TPSA) is 73.3 Å². The molecule has 0 spiro atoms. The minimum Gasteiger partial charge on any atom is -0.454 e. The van der Waals surface area contributed by atoms with Gasteiger partial charge >= 0.3 is 5.30 Å². The fraction of sp³-hybridized carbons (Fsp3) is 0.250. The Labute approximate surface area is 95.5 Å². The van der Waals surface area contributed by atoms with E-state index in [1.54, 1.807) is 0 Å². The summed E-state index contributed by atoms with van der Waals surface area (Å²) in [4.78, 5) is 14.6. The molecule has 1 rings (SSSR count). The molecule has 0 aromatic carbocycles. The zero-order chi connectivity index (χ0) is 11.5. The highest BCUT2D eigenvalue weighted by Crippen LogP contribution is 2.16. The van der Waals surface area contributed by atoms with Crippen molar-refractivity contribution in [3.63, 3.8) is 0 Å². The second-order valence-electron chi connectivity index (χ2n) is 2.53. The van der Waals surface area contributed by atoms with Crippen LogP contribution in [0.15, 0.2) is 27.8 Å². The molecule has 0 aliphatic heterocycles. The van der Waals surface area contributed by atoms with E-state index in [0.29, 0.717) is 4.47 Å². The van der Waals surface area contributed by atoms with Gasteiger partial charge in [-0.15, -0.1) is 0 Å². The van der Waals surface area contributed by atoms with Crippen LogP contribution in [0.3, 0.4) is 0 Å². The lowest BCUT2D eigenvalue weighted by atomic mass is 10.5. The maximum absolute atomic E-state index is 11.5. The van der Waals surface area contributed by atoms with Crippen molar-refractivity contribution in [2.24, 2.45) is 0 Å². The van der Waals surface area contributed by atoms with Gasteiger partial charge in [0.05, 0.1) is 11.5 Å². The van der Waals surface area contributed by atoms with E-state index in [9.17, 15) is 13.2 Å². The van der Waals surface area contributed by atoms with Crippen molar-refractivity contribution in [2.75, 3.05) is 6.61 Å². The summed E-state index contributed by atoms with van der Waals surface area (Å²) in [6.07, 6.45) is 2.52. The Balaban J connectivity index is 3.12. The van der Waals surface area contributed by atoms with Crippen LogP contribution in [0.25, 0.3) is 0 Å². The molecule has 0 unspecified atom stereocenters. The molecule has 5 nitrogen and oxygen atoms in total. The lowest BCUT2D eigenvalue weighted by Crippen LogP contribution is -2.16. The molecule has 1 heterocycles. The summed E-state index contributed by atoms with van der Waals surface area (Å²) in [7, 11) is -4.08. The Morgan fingerprint density at radius 2 is 2.20 bits per heavy atom. The second kappa shape index (κ2) is 4.71. The van der Waals surface area contributed by atoms with E-state index in [1.165, 1.54) is 19.2 Å².